The van der Waals surface area contributed by atoms with Crippen LogP contribution in [0.15, 0.2) is 102 Å². The van der Waals surface area contributed by atoms with Gasteiger partial charge in [0.05, 0.1) is 5.75 Å². The monoisotopic (exact) mass is 398 g/mol. The van der Waals surface area contributed by atoms with Crippen molar-refractivity contribution < 1.29 is 9.59 Å². The van der Waals surface area contributed by atoms with Gasteiger partial charge in [-0.15, -0.1) is 0 Å². The maximum Gasteiger partial charge on any atom is 0.296 e. The van der Waals surface area contributed by atoms with Gasteiger partial charge in [-0.2, -0.15) is 4.99 Å². The summed E-state index contributed by atoms with van der Waals surface area (Å²) in [5, 5.41) is 0.507. The molecule has 29 heavy (non-hydrogen) atoms. The lowest BCUT2D eigenvalue weighted by Crippen LogP contribution is -2.25. The second kappa shape index (κ2) is 8.71. The Morgan fingerprint density at radius 3 is 2.10 bits per heavy atom. The minimum Gasteiger partial charge on any atom is -0.293 e. The summed E-state index contributed by atoms with van der Waals surface area (Å²) in [7, 11) is 0. The molecule has 0 fully saturated rings. The van der Waals surface area contributed by atoms with E-state index in [9.17, 15) is 9.59 Å². The van der Waals surface area contributed by atoms with Crippen LogP contribution in [0.25, 0.3) is 6.08 Å². The van der Waals surface area contributed by atoms with Crippen LogP contribution >= 0.6 is 11.8 Å². The van der Waals surface area contributed by atoms with Crippen LogP contribution < -0.4 is 4.90 Å². The molecule has 0 saturated heterocycles. The van der Waals surface area contributed by atoms with Crippen LogP contribution in [0.3, 0.4) is 0 Å². The minimum atomic E-state index is -0.313. The van der Waals surface area contributed by atoms with E-state index in [1.807, 2.05) is 89.8 Å². The Kier molecular flexibility index (Phi) is 5.68. The number of rotatable bonds is 5. The molecule has 4 nitrogen and oxygen atoms in total. The zero-order valence-electron chi connectivity index (χ0n) is 15.6. The Hall–Kier alpha value is -3.44. The van der Waals surface area contributed by atoms with E-state index in [0.717, 1.165) is 11.3 Å². The summed E-state index contributed by atoms with van der Waals surface area (Å²) >= 11 is 1.27. The number of carbonyl (C=O) groups excluding carboxylic acids is 2. The second-order valence-electron chi connectivity index (χ2n) is 6.39. The van der Waals surface area contributed by atoms with E-state index in [-0.39, 0.29) is 17.4 Å². The molecule has 0 radical (unpaired) electrons. The third kappa shape index (κ3) is 4.36. The van der Waals surface area contributed by atoms with Crippen molar-refractivity contribution in [2.45, 2.75) is 0 Å². The highest BCUT2D eigenvalue weighted by Crippen LogP contribution is 2.31. The number of carbonyl (C=O) groups is 2. The number of amides is 1. The maximum absolute atomic E-state index is 12.7. The average Bonchev–Trinajstić information content (AvgIpc) is 3.09. The summed E-state index contributed by atoms with van der Waals surface area (Å²) in [6.45, 7) is 0. The molecule has 0 bridgehead atoms. The molecular formula is C24H18N2O2S. The molecule has 0 aromatic heterocycles. The number of para-hydroxylation sites is 1. The molecule has 0 spiro atoms. The van der Waals surface area contributed by atoms with E-state index in [2.05, 4.69) is 4.99 Å². The molecule has 0 unspecified atom stereocenters. The Bertz CT molecular complexity index is 1080. The molecule has 0 atom stereocenters. The summed E-state index contributed by atoms with van der Waals surface area (Å²) < 4.78 is 0. The molecule has 0 aliphatic carbocycles. The van der Waals surface area contributed by atoms with Crippen LogP contribution in [0.4, 0.5) is 5.69 Å². The molecule has 0 N–H and O–H groups in total. The predicted octanol–water partition coefficient (Wildman–Crippen LogP) is 5.05. The topological polar surface area (TPSA) is 49.7 Å². The first-order chi connectivity index (χ1) is 14.2. The maximum atomic E-state index is 12.7. The number of nitrogens with zero attached hydrogens (tertiary/aromatic N) is 2. The van der Waals surface area contributed by atoms with E-state index in [0.29, 0.717) is 16.4 Å². The van der Waals surface area contributed by atoms with E-state index in [4.69, 9.17) is 0 Å². The fraction of sp³-hybridized carbons (Fsp3) is 0.0417. The summed E-state index contributed by atoms with van der Waals surface area (Å²) in [4.78, 5) is 31.2. The summed E-state index contributed by atoms with van der Waals surface area (Å²) in [5.74, 6) is -0.107. The number of amidine groups is 1. The molecule has 3 aromatic carbocycles. The first kappa shape index (κ1) is 18.9. The number of anilines is 1. The van der Waals surface area contributed by atoms with E-state index in [1.165, 1.54) is 11.8 Å². The van der Waals surface area contributed by atoms with Gasteiger partial charge in [0.1, 0.15) is 5.70 Å². The molecule has 3 aromatic rings. The normalized spacial score (nSPS) is 14.9. The highest BCUT2D eigenvalue weighted by molar-refractivity contribution is 8.14. The van der Waals surface area contributed by atoms with Crippen LogP contribution in [-0.4, -0.2) is 22.6 Å². The van der Waals surface area contributed by atoms with Crippen LogP contribution in [0.1, 0.15) is 15.9 Å². The summed E-state index contributed by atoms with van der Waals surface area (Å²) in [6.07, 6.45) is 1.82. The van der Waals surface area contributed by atoms with Gasteiger partial charge in [-0.1, -0.05) is 90.6 Å². The number of thioether (sulfide) groups is 1. The largest absolute Gasteiger partial charge is 0.296 e. The Labute approximate surface area is 173 Å². The van der Waals surface area contributed by atoms with Crippen molar-refractivity contribution in [1.82, 2.24) is 0 Å². The average molecular weight is 398 g/mol. The zero-order valence-corrected chi connectivity index (χ0v) is 16.4. The van der Waals surface area contributed by atoms with E-state index < -0.39 is 0 Å². The SMILES string of the molecule is O=C1N=C(SCC(=O)c2ccccc2)N(c2ccccc2)/C1=C/c1ccccc1. The Balaban J connectivity index is 1.62. The van der Waals surface area contributed by atoms with Crippen molar-refractivity contribution in [3.8, 4) is 0 Å². The molecule has 1 aliphatic heterocycles. The molecule has 142 valence electrons. The van der Waals surface area contributed by atoms with Crippen molar-refractivity contribution in [2.24, 2.45) is 4.99 Å². The first-order valence-electron chi connectivity index (χ1n) is 9.18. The quantitative estimate of drug-likeness (QED) is 0.446. The van der Waals surface area contributed by atoms with Gasteiger partial charge in [0.25, 0.3) is 5.91 Å². The van der Waals surface area contributed by atoms with Gasteiger partial charge >= 0.3 is 0 Å². The highest BCUT2D eigenvalue weighted by Gasteiger charge is 2.31. The van der Waals surface area contributed by atoms with Gasteiger partial charge in [-0.25, -0.2) is 0 Å². The van der Waals surface area contributed by atoms with Gasteiger partial charge in [-0.3, -0.25) is 14.5 Å². The van der Waals surface area contributed by atoms with Crippen LogP contribution in [0.5, 0.6) is 0 Å². The Morgan fingerprint density at radius 1 is 0.862 bits per heavy atom. The predicted molar refractivity (Wildman–Crippen MR) is 119 cm³/mol. The zero-order chi connectivity index (χ0) is 20.1. The third-order valence-corrected chi connectivity index (χ3v) is 5.33. The first-order valence-corrected chi connectivity index (χ1v) is 10.2. The standard InChI is InChI=1S/C24H18N2O2S/c27-22(19-12-6-2-7-13-19)17-29-24-25-23(28)21(16-18-10-4-1-5-11-18)26(24)20-14-8-3-9-15-20/h1-16H,17H2/b21-16+. The van der Waals surface area contributed by atoms with Crippen molar-refractivity contribution in [1.29, 1.82) is 0 Å². The van der Waals surface area contributed by atoms with Crippen molar-refractivity contribution in [2.75, 3.05) is 10.7 Å². The van der Waals surface area contributed by atoms with Crippen molar-refractivity contribution in [3.05, 3.63) is 108 Å². The van der Waals surface area contributed by atoms with Crippen molar-refractivity contribution in [3.63, 3.8) is 0 Å². The molecule has 1 aliphatic rings. The van der Waals surface area contributed by atoms with Gasteiger partial charge < -0.3 is 0 Å². The van der Waals surface area contributed by atoms with Crippen molar-refractivity contribution >= 4 is 40.4 Å². The number of hydrogen-bond acceptors (Lipinski definition) is 4. The molecule has 1 heterocycles. The van der Waals surface area contributed by atoms with Crippen LogP contribution in [0, 0.1) is 0 Å². The van der Waals surface area contributed by atoms with Gasteiger partial charge in [0, 0.05) is 11.3 Å². The highest BCUT2D eigenvalue weighted by atomic mass is 32.2. The lowest BCUT2D eigenvalue weighted by molar-refractivity contribution is -0.113. The molecule has 4 rings (SSSR count). The van der Waals surface area contributed by atoms with Gasteiger partial charge in [0.15, 0.2) is 11.0 Å². The lowest BCUT2D eigenvalue weighted by atomic mass is 10.1. The van der Waals surface area contributed by atoms with E-state index in [1.54, 1.807) is 12.1 Å². The Morgan fingerprint density at radius 2 is 1.45 bits per heavy atom. The number of benzene rings is 3. The second-order valence-corrected chi connectivity index (χ2v) is 7.33. The molecule has 0 saturated carbocycles. The number of hydrogen-bond donors (Lipinski definition) is 0. The third-order valence-electron chi connectivity index (χ3n) is 4.39. The molecule has 5 heteroatoms. The fourth-order valence-electron chi connectivity index (χ4n) is 2.99. The van der Waals surface area contributed by atoms with Gasteiger partial charge in [0.2, 0.25) is 0 Å². The van der Waals surface area contributed by atoms with Crippen LogP contribution in [0.2, 0.25) is 0 Å². The fourth-order valence-corrected chi connectivity index (χ4v) is 3.89. The number of Topliss-reactive ketones (excluding diaryl/α,β-unsaturated/α-hetero) is 1. The van der Waals surface area contributed by atoms with Gasteiger partial charge in [-0.05, 0) is 23.8 Å². The summed E-state index contributed by atoms with van der Waals surface area (Å²) in [5.41, 5.74) is 2.87. The van der Waals surface area contributed by atoms with E-state index >= 15 is 0 Å². The minimum absolute atomic E-state index is 0.000695. The molecule has 1 amide bonds. The van der Waals surface area contributed by atoms with Crippen LogP contribution in [-0.2, 0) is 4.79 Å². The number of ketones is 1. The number of aliphatic imine (C=N–C) groups is 1. The smallest absolute Gasteiger partial charge is 0.293 e. The summed E-state index contributed by atoms with van der Waals surface area (Å²) in [6, 6.07) is 28.4. The molecular weight excluding hydrogens is 380 g/mol. The lowest BCUT2D eigenvalue weighted by Gasteiger charge is -2.20.